The van der Waals surface area contributed by atoms with Crippen LogP contribution in [0.15, 0.2) is 24.3 Å². The van der Waals surface area contributed by atoms with Gasteiger partial charge in [0.1, 0.15) is 18.2 Å². The third-order valence-electron chi connectivity index (χ3n) is 1.98. The molecule has 78 valence electrons. The van der Waals surface area contributed by atoms with Crippen LogP contribution in [0.2, 0.25) is 0 Å². The Kier molecular flexibility index (Phi) is 2.73. The van der Waals surface area contributed by atoms with Crippen molar-refractivity contribution in [2.24, 2.45) is 0 Å². The molecule has 0 bridgehead atoms. The molecule has 2 aromatic rings. The molecule has 2 rings (SSSR count). The summed E-state index contributed by atoms with van der Waals surface area (Å²) in [4.78, 5) is 4.01. The van der Waals surface area contributed by atoms with Crippen molar-refractivity contribution in [1.82, 2.24) is 15.2 Å². The van der Waals surface area contributed by atoms with E-state index in [1.807, 2.05) is 6.07 Å². The van der Waals surface area contributed by atoms with Crippen LogP contribution < -0.4 is 0 Å². The first-order chi connectivity index (χ1) is 7.28. The normalized spacial score (nSPS) is 10.5. The van der Waals surface area contributed by atoms with E-state index < -0.39 is 0 Å². The van der Waals surface area contributed by atoms with E-state index in [4.69, 9.17) is 5.11 Å². The van der Waals surface area contributed by atoms with E-state index in [-0.39, 0.29) is 12.4 Å². The molecule has 0 fully saturated rings. The lowest BCUT2D eigenvalue weighted by atomic mass is 10.1. The van der Waals surface area contributed by atoms with Gasteiger partial charge in [-0.15, -0.1) is 0 Å². The van der Waals surface area contributed by atoms with Gasteiger partial charge in [0, 0.05) is 6.42 Å². The molecule has 0 saturated carbocycles. The van der Waals surface area contributed by atoms with Gasteiger partial charge in [0.05, 0.1) is 0 Å². The molecule has 0 atom stereocenters. The molecule has 1 heterocycles. The molecule has 0 aliphatic carbocycles. The molecule has 0 unspecified atom stereocenters. The first-order valence-corrected chi connectivity index (χ1v) is 4.53. The minimum Gasteiger partial charge on any atom is -0.388 e. The summed E-state index contributed by atoms with van der Waals surface area (Å²) in [6, 6.07) is 6.29. The third-order valence-corrected chi connectivity index (χ3v) is 1.98. The van der Waals surface area contributed by atoms with Gasteiger partial charge in [0.15, 0.2) is 5.82 Å². The molecule has 15 heavy (non-hydrogen) atoms. The summed E-state index contributed by atoms with van der Waals surface area (Å²) in [5, 5.41) is 15.2. The number of aliphatic hydroxyl groups is 1. The van der Waals surface area contributed by atoms with E-state index in [1.54, 1.807) is 6.07 Å². The van der Waals surface area contributed by atoms with Crippen molar-refractivity contribution < 1.29 is 9.50 Å². The first kappa shape index (κ1) is 9.79. The molecular weight excluding hydrogens is 197 g/mol. The van der Waals surface area contributed by atoms with Crippen LogP contribution in [0.25, 0.3) is 0 Å². The quantitative estimate of drug-likeness (QED) is 0.790. The van der Waals surface area contributed by atoms with Gasteiger partial charge in [-0.3, -0.25) is 5.10 Å². The Morgan fingerprint density at radius 3 is 2.93 bits per heavy atom. The lowest BCUT2D eigenvalue weighted by Gasteiger charge is -1.97. The first-order valence-electron chi connectivity index (χ1n) is 4.53. The fraction of sp³-hybridized carbons (Fsp3) is 0.200. The van der Waals surface area contributed by atoms with Gasteiger partial charge in [0.2, 0.25) is 0 Å². The van der Waals surface area contributed by atoms with Crippen LogP contribution >= 0.6 is 0 Å². The van der Waals surface area contributed by atoms with Gasteiger partial charge in [-0.1, -0.05) is 12.1 Å². The van der Waals surface area contributed by atoms with Crippen molar-refractivity contribution in [1.29, 1.82) is 0 Å². The molecule has 0 aliphatic rings. The second-order valence-corrected chi connectivity index (χ2v) is 3.16. The Balaban J connectivity index is 2.14. The minimum atomic E-state index is -0.269. The van der Waals surface area contributed by atoms with Crippen molar-refractivity contribution in [2.45, 2.75) is 13.0 Å². The average Bonchev–Trinajstić information content (AvgIpc) is 2.65. The fourth-order valence-corrected chi connectivity index (χ4v) is 1.32. The molecule has 1 aromatic heterocycles. The molecule has 0 aliphatic heterocycles. The molecular formula is C10H10FN3O. The number of nitrogens with one attached hydrogen (secondary N) is 1. The van der Waals surface area contributed by atoms with Crippen molar-refractivity contribution >= 4 is 0 Å². The van der Waals surface area contributed by atoms with E-state index in [0.29, 0.717) is 18.1 Å². The monoisotopic (exact) mass is 207 g/mol. The Labute approximate surface area is 85.8 Å². The Morgan fingerprint density at radius 2 is 2.27 bits per heavy atom. The number of H-pyrrole nitrogens is 1. The summed E-state index contributed by atoms with van der Waals surface area (Å²) >= 11 is 0. The Bertz CT molecular complexity index is 455. The maximum atomic E-state index is 12.9. The number of aliphatic hydroxyl groups excluding tert-OH is 1. The highest BCUT2D eigenvalue weighted by molar-refractivity contribution is 5.19. The molecule has 0 radical (unpaired) electrons. The second-order valence-electron chi connectivity index (χ2n) is 3.16. The van der Waals surface area contributed by atoms with E-state index in [1.165, 1.54) is 12.1 Å². The Hall–Kier alpha value is -1.75. The topological polar surface area (TPSA) is 61.8 Å². The predicted molar refractivity (Wildman–Crippen MR) is 51.5 cm³/mol. The summed E-state index contributed by atoms with van der Waals surface area (Å²) in [6.45, 7) is -0.195. The molecule has 1 aromatic carbocycles. The van der Waals surface area contributed by atoms with E-state index in [0.717, 1.165) is 5.56 Å². The zero-order chi connectivity index (χ0) is 10.7. The number of aromatic amines is 1. The largest absolute Gasteiger partial charge is 0.388 e. The maximum Gasteiger partial charge on any atom is 0.176 e. The standard InChI is InChI=1S/C10H10FN3O/c11-8-3-1-2-7(4-8)5-9-12-10(6-15)14-13-9/h1-4,15H,5-6H2,(H,12,13,14). The number of benzene rings is 1. The van der Waals surface area contributed by atoms with Crippen LogP contribution in [-0.4, -0.2) is 20.3 Å². The smallest absolute Gasteiger partial charge is 0.176 e. The number of nitrogens with zero attached hydrogens (tertiary/aromatic N) is 2. The predicted octanol–water partition coefficient (Wildman–Crippen LogP) is 1.03. The summed E-state index contributed by atoms with van der Waals surface area (Å²) < 4.78 is 12.9. The highest BCUT2D eigenvalue weighted by Gasteiger charge is 2.03. The number of aromatic nitrogens is 3. The molecule has 0 spiro atoms. The zero-order valence-electron chi connectivity index (χ0n) is 7.94. The summed E-state index contributed by atoms with van der Waals surface area (Å²) in [7, 11) is 0. The maximum absolute atomic E-state index is 12.9. The molecule has 0 saturated heterocycles. The van der Waals surface area contributed by atoms with Crippen molar-refractivity contribution in [2.75, 3.05) is 0 Å². The van der Waals surface area contributed by atoms with E-state index >= 15 is 0 Å². The number of rotatable bonds is 3. The van der Waals surface area contributed by atoms with Crippen LogP contribution in [0.4, 0.5) is 4.39 Å². The SMILES string of the molecule is OCc1n[nH]c(Cc2cccc(F)c2)n1. The van der Waals surface area contributed by atoms with Gasteiger partial charge in [-0.25, -0.2) is 9.37 Å². The van der Waals surface area contributed by atoms with Gasteiger partial charge in [-0.05, 0) is 17.7 Å². The lowest BCUT2D eigenvalue weighted by Crippen LogP contribution is -1.92. The molecule has 5 heteroatoms. The summed E-state index contributed by atoms with van der Waals surface area (Å²) in [6.07, 6.45) is 0.477. The molecule has 0 amide bonds. The third kappa shape index (κ3) is 2.38. The second kappa shape index (κ2) is 4.18. The van der Waals surface area contributed by atoms with Crippen molar-refractivity contribution in [3.63, 3.8) is 0 Å². The van der Waals surface area contributed by atoms with Gasteiger partial charge in [0.25, 0.3) is 0 Å². The van der Waals surface area contributed by atoms with Crippen LogP contribution in [-0.2, 0) is 13.0 Å². The van der Waals surface area contributed by atoms with Gasteiger partial charge in [-0.2, -0.15) is 5.10 Å². The van der Waals surface area contributed by atoms with Gasteiger partial charge >= 0.3 is 0 Å². The van der Waals surface area contributed by atoms with Crippen LogP contribution in [0, 0.1) is 5.82 Å². The van der Waals surface area contributed by atoms with Crippen molar-refractivity contribution in [3.8, 4) is 0 Å². The highest BCUT2D eigenvalue weighted by atomic mass is 19.1. The van der Waals surface area contributed by atoms with E-state index in [2.05, 4.69) is 15.2 Å². The van der Waals surface area contributed by atoms with E-state index in [9.17, 15) is 4.39 Å². The average molecular weight is 207 g/mol. The number of hydrogen-bond donors (Lipinski definition) is 2. The fourth-order valence-electron chi connectivity index (χ4n) is 1.32. The zero-order valence-corrected chi connectivity index (χ0v) is 7.94. The molecule has 2 N–H and O–H groups in total. The minimum absolute atomic E-state index is 0.195. The van der Waals surface area contributed by atoms with Crippen LogP contribution in [0.1, 0.15) is 17.2 Å². The van der Waals surface area contributed by atoms with Gasteiger partial charge < -0.3 is 5.11 Å². The highest BCUT2D eigenvalue weighted by Crippen LogP contribution is 2.07. The van der Waals surface area contributed by atoms with Crippen molar-refractivity contribution in [3.05, 3.63) is 47.3 Å². The van der Waals surface area contributed by atoms with Crippen LogP contribution in [0.5, 0.6) is 0 Å². The summed E-state index contributed by atoms with van der Waals surface area (Å²) in [5.41, 5.74) is 0.815. The van der Waals surface area contributed by atoms with Crippen LogP contribution in [0.3, 0.4) is 0 Å². The lowest BCUT2D eigenvalue weighted by molar-refractivity contribution is 0.272. The summed E-state index contributed by atoms with van der Waals surface area (Å²) in [5.74, 6) is 0.695. The number of hydrogen-bond acceptors (Lipinski definition) is 3. The Morgan fingerprint density at radius 1 is 1.40 bits per heavy atom. The number of halogens is 1. The molecule has 4 nitrogen and oxygen atoms in total.